The Morgan fingerprint density at radius 1 is 0.844 bits per heavy atom. The van der Waals surface area contributed by atoms with E-state index in [1.54, 1.807) is 41.5 Å². The summed E-state index contributed by atoms with van der Waals surface area (Å²) >= 11 is 0. The van der Waals surface area contributed by atoms with Crippen LogP contribution in [-0.4, -0.2) is 65.3 Å². The highest BCUT2D eigenvalue weighted by atomic mass is 16.6. The fourth-order valence-corrected chi connectivity index (χ4v) is 2.39. The van der Waals surface area contributed by atoms with Crippen molar-refractivity contribution in [3.63, 3.8) is 0 Å². The number of carbonyl (C=O) groups is 5. The van der Waals surface area contributed by atoms with Gasteiger partial charge in [-0.05, 0) is 60.8 Å². The number of carbonyl (C=O) groups excluding carboxylic acids is 4. The molecule has 4 N–H and O–H groups in total. The highest BCUT2D eigenvalue weighted by Gasteiger charge is 2.23. The van der Waals surface area contributed by atoms with Crippen molar-refractivity contribution in [2.24, 2.45) is 0 Å². The summed E-state index contributed by atoms with van der Waals surface area (Å²) in [6, 6.07) is -0.958. The Kier molecular flexibility index (Phi) is 12.3. The van der Waals surface area contributed by atoms with E-state index in [0.29, 0.717) is 19.4 Å². The van der Waals surface area contributed by atoms with Crippen LogP contribution >= 0.6 is 0 Å². The molecule has 0 saturated heterocycles. The topological polar surface area (TPSA) is 160 Å². The summed E-state index contributed by atoms with van der Waals surface area (Å²) in [5.41, 5.74) is -1.31. The summed E-state index contributed by atoms with van der Waals surface area (Å²) in [6.45, 7) is 10.3. The molecule has 0 bridgehead atoms. The minimum Gasteiger partial charge on any atom is -0.481 e. The van der Waals surface area contributed by atoms with E-state index in [9.17, 15) is 24.0 Å². The van der Waals surface area contributed by atoms with Gasteiger partial charge in [0.15, 0.2) is 0 Å². The monoisotopic (exact) mass is 459 g/mol. The summed E-state index contributed by atoms with van der Waals surface area (Å²) < 4.78 is 10.3. The molecule has 11 nitrogen and oxygen atoms in total. The first-order valence-electron chi connectivity index (χ1n) is 10.6. The summed E-state index contributed by atoms with van der Waals surface area (Å²) in [5.74, 6) is -2.92. The van der Waals surface area contributed by atoms with Crippen LogP contribution in [0.1, 0.15) is 73.6 Å². The number of aliphatic carboxylic acids is 1. The van der Waals surface area contributed by atoms with Crippen molar-refractivity contribution in [1.82, 2.24) is 16.0 Å². The van der Waals surface area contributed by atoms with Crippen molar-refractivity contribution in [3.8, 4) is 0 Å². The average Bonchev–Trinajstić information content (AvgIpc) is 2.60. The van der Waals surface area contributed by atoms with Crippen molar-refractivity contribution >= 4 is 29.8 Å². The molecule has 0 aliphatic rings. The number of nitrogens with one attached hydrogen (secondary N) is 3. The van der Waals surface area contributed by atoms with Gasteiger partial charge in [0.2, 0.25) is 11.8 Å². The second-order valence-corrected chi connectivity index (χ2v) is 9.24. The largest absolute Gasteiger partial charge is 0.481 e. The van der Waals surface area contributed by atoms with Crippen LogP contribution in [0.15, 0.2) is 0 Å². The molecule has 0 fully saturated rings. The van der Waals surface area contributed by atoms with E-state index in [4.69, 9.17) is 14.6 Å². The molecule has 3 amide bonds. The third-order valence-electron chi connectivity index (χ3n) is 3.63. The maximum atomic E-state index is 12.5. The van der Waals surface area contributed by atoms with E-state index in [2.05, 4.69) is 16.0 Å². The Hall–Kier alpha value is -2.85. The van der Waals surface area contributed by atoms with Crippen LogP contribution in [0, 0.1) is 0 Å². The summed E-state index contributed by atoms with van der Waals surface area (Å²) in [7, 11) is 0. The van der Waals surface area contributed by atoms with Gasteiger partial charge in [0.25, 0.3) is 0 Å². The highest BCUT2D eigenvalue weighted by Crippen LogP contribution is 2.08. The molecule has 1 atom stereocenters. The number of carboxylic acids is 1. The number of hydrogen-bond acceptors (Lipinski definition) is 7. The lowest BCUT2D eigenvalue weighted by molar-refractivity contribution is -0.154. The van der Waals surface area contributed by atoms with Gasteiger partial charge in [0, 0.05) is 13.0 Å². The summed E-state index contributed by atoms with van der Waals surface area (Å²) in [6.07, 6.45) is 0.0313. The van der Waals surface area contributed by atoms with Crippen LogP contribution < -0.4 is 16.0 Å². The highest BCUT2D eigenvalue weighted by molar-refractivity contribution is 5.90. The Labute approximate surface area is 189 Å². The number of alkyl carbamates (subject to hydrolysis) is 1. The van der Waals surface area contributed by atoms with Crippen LogP contribution in [0.5, 0.6) is 0 Å². The average molecular weight is 460 g/mol. The second-order valence-electron chi connectivity index (χ2n) is 9.24. The van der Waals surface area contributed by atoms with Crippen LogP contribution in [0.3, 0.4) is 0 Å². The minimum absolute atomic E-state index is 0.231. The van der Waals surface area contributed by atoms with E-state index < -0.39 is 47.1 Å². The molecule has 32 heavy (non-hydrogen) atoms. The number of rotatable bonds is 12. The molecular weight excluding hydrogens is 422 g/mol. The molecule has 11 heteroatoms. The molecule has 0 aromatic rings. The lowest BCUT2D eigenvalue weighted by Crippen LogP contribution is -2.48. The van der Waals surface area contributed by atoms with Crippen molar-refractivity contribution in [2.75, 3.05) is 13.1 Å². The molecule has 0 saturated carbocycles. The fraction of sp³-hybridized carbons (Fsp3) is 0.762. The zero-order valence-electron chi connectivity index (χ0n) is 19.8. The van der Waals surface area contributed by atoms with Crippen molar-refractivity contribution < 1.29 is 38.6 Å². The number of ether oxygens (including phenoxy) is 2. The molecule has 184 valence electrons. The second kappa shape index (κ2) is 13.5. The van der Waals surface area contributed by atoms with Crippen LogP contribution in [0.2, 0.25) is 0 Å². The smallest absolute Gasteiger partial charge is 0.407 e. The van der Waals surface area contributed by atoms with Gasteiger partial charge in [-0.3, -0.25) is 19.2 Å². The molecule has 0 heterocycles. The SMILES string of the molecule is CC(C)(C)OC(=O)CNC(=O)C(CCCCNC(=O)OC(C)(C)C)NC(=O)CCC(=O)O. The molecule has 0 aromatic heterocycles. The zero-order chi connectivity index (χ0) is 24.9. The maximum Gasteiger partial charge on any atom is 0.407 e. The molecule has 1 unspecified atom stereocenters. The third-order valence-corrected chi connectivity index (χ3v) is 3.63. The van der Waals surface area contributed by atoms with Crippen LogP contribution in [-0.2, 0) is 28.7 Å². The number of unbranched alkanes of at least 4 members (excludes halogenated alkanes) is 1. The van der Waals surface area contributed by atoms with E-state index in [1.807, 2.05) is 0 Å². The molecule has 0 radical (unpaired) electrons. The van der Waals surface area contributed by atoms with E-state index in [-0.39, 0.29) is 25.8 Å². The first-order valence-corrected chi connectivity index (χ1v) is 10.6. The van der Waals surface area contributed by atoms with Crippen molar-refractivity contribution in [2.45, 2.75) is 90.9 Å². The Morgan fingerprint density at radius 3 is 1.97 bits per heavy atom. The van der Waals surface area contributed by atoms with Gasteiger partial charge in [0.1, 0.15) is 23.8 Å². The van der Waals surface area contributed by atoms with Gasteiger partial charge >= 0.3 is 18.0 Å². The van der Waals surface area contributed by atoms with Gasteiger partial charge in [-0.15, -0.1) is 0 Å². The first kappa shape index (κ1) is 29.1. The molecule has 0 rings (SSSR count). The molecule has 0 spiro atoms. The van der Waals surface area contributed by atoms with E-state index in [0.717, 1.165) is 0 Å². The van der Waals surface area contributed by atoms with Crippen molar-refractivity contribution in [1.29, 1.82) is 0 Å². The van der Waals surface area contributed by atoms with E-state index in [1.165, 1.54) is 0 Å². The number of carboxylic acid groups (broad SMARTS) is 1. The number of hydrogen-bond donors (Lipinski definition) is 4. The Balaban J connectivity index is 4.67. The van der Waals surface area contributed by atoms with Gasteiger partial charge in [0.05, 0.1) is 6.42 Å². The first-order chi connectivity index (χ1) is 14.6. The summed E-state index contributed by atoms with van der Waals surface area (Å²) in [5, 5.41) is 16.2. The minimum atomic E-state index is -1.13. The summed E-state index contributed by atoms with van der Waals surface area (Å²) in [4.78, 5) is 58.5. The van der Waals surface area contributed by atoms with Gasteiger partial charge < -0.3 is 30.5 Å². The predicted octanol–water partition coefficient (Wildman–Crippen LogP) is 1.49. The van der Waals surface area contributed by atoms with Crippen LogP contribution in [0.25, 0.3) is 0 Å². The fourth-order valence-electron chi connectivity index (χ4n) is 2.39. The molecule has 0 aliphatic carbocycles. The van der Waals surface area contributed by atoms with E-state index >= 15 is 0 Å². The standard InChI is InChI=1S/C21H37N3O8/c1-20(2,3)31-17(28)13-23-18(29)14(24-15(25)10-11-16(26)27)9-7-8-12-22-19(30)32-21(4,5)6/h14H,7-13H2,1-6H3,(H,22,30)(H,23,29)(H,24,25)(H,26,27). The van der Waals surface area contributed by atoms with Crippen molar-refractivity contribution in [3.05, 3.63) is 0 Å². The number of amides is 3. The van der Waals surface area contributed by atoms with Crippen LogP contribution in [0.4, 0.5) is 4.79 Å². The third kappa shape index (κ3) is 16.9. The normalized spacial score (nSPS) is 12.3. The maximum absolute atomic E-state index is 12.5. The Bertz CT molecular complexity index is 665. The quantitative estimate of drug-likeness (QED) is 0.252. The lowest BCUT2D eigenvalue weighted by Gasteiger charge is -2.21. The molecule has 0 aromatic carbocycles. The zero-order valence-corrected chi connectivity index (χ0v) is 19.8. The molecule has 0 aliphatic heterocycles. The predicted molar refractivity (Wildman–Crippen MR) is 116 cm³/mol. The molecular formula is C21H37N3O8. The van der Waals surface area contributed by atoms with Gasteiger partial charge in [-0.2, -0.15) is 0 Å². The number of esters is 1. The Morgan fingerprint density at radius 2 is 1.44 bits per heavy atom. The lowest BCUT2D eigenvalue weighted by atomic mass is 10.1. The van der Waals surface area contributed by atoms with Gasteiger partial charge in [-0.1, -0.05) is 0 Å². The van der Waals surface area contributed by atoms with Gasteiger partial charge in [-0.25, -0.2) is 4.79 Å².